The van der Waals surface area contributed by atoms with E-state index in [1.807, 2.05) is 30.3 Å². The molecule has 0 amide bonds. The van der Waals surface area contributed by atoms with Gasteiger partial charge in [-0.3, -0.25) is 10.1 Å². The van der Waals surface area contributed by atoms with Crippen LogP contribution in [0.25, 0.3) is 0 Å². The highest BCUT2D eigenvalue weighted by Crippen LogP contribution is 2.37. The Bertz CT molecular complexity index is 771. The number of hydrogen-bond donors (Lipinski definition) is 1. The fraction of sp³-hybridized carbons (Fsp3) is 0.400. The minimum Gasteiger partial charge on any atom is -0.496 e. The van der Waals surface area contributed by atoms with Crippen LogP contribution in [0, 0.1) is 10.1 Å². The molecule has 0 aromatic heterocycles. The molecule has 1 heterocycles. The van der Waals surface area contributed by atoms with Crippen LogP contribution in [0.4, 0.5) is 11.4 Å². The maximum Gasteiger partial charge on any atom is 0.292 e. The molecule has 0 atom stereocenters. The predicted octanol–water partition coefficient (Wildman–Crippen LogP) is 3.49. The lowest BCUT2D eigenvalue weighted by molar-refractivity contribution is -0.384. The maximum absolute atomic E-state index is 11.5. The first-order valence-corrected chi connectivity index (χ1v) is 8.99. The zero-order chi connectivity index (χ0) is 18.5. The Hall–Kier alpha value is -2.60. The Balaban J connectivity index is 1.76. The zero-order valence-corrected chi connectivity index (χ0v) is 15.1. The van der Waals surface area contributed by atoms with E-state index in [0.717, 1.165) is 37.2 Å². The van der Waals surface area contributed by atoms with E-state index in [9.17, 15) is 10.1 Å². The topological polar surface area (TPSA) is 81.6 Å². The third-order valence-corrected chi connectivity index (χ3v) is 5.08. The van der Waals surface area contributed by atoms with E-state index >= 15 is 0 Å². The molecular formula is C20H25N3O3. The van der Waals surface area contributed by atoms with E-state index in [-0.39, 0.29) is 10.6 Å². The Morgan fingerprint density at radius 3 is 2.62 bits per heavy atom. The second-order valence-corrected chi connectivity index (χ2v) is 6.62. The van der Waals surface area contributed by atoms with Gasteiger partial charge in [0.1, 0.15) is 11.4 Å². The van der Waals surface area contributed by atoms with Crippen molar-refractivity contribution in [3.8, 4) is 5.75 Å². The normalized spacial score (nSPS) is 15.1. The number of benzene rings is 2. The third-order valence-electron chi connectivity index (χ3n) is 5.08. The van der Waals surface area contributed by atoms with Crippen molar-refractivity contribution in [2.45, 2.75) is 25.2 Å². The van der Waals surface area contributed by atoms with Crippen molar-refractivity contribution in [1.29, 1.82) is 0 Å². The Morgan fingerprint density at radius 2 is 1.96 bits per heavy atom. The van der Waals surface area contributed by atoms with E-state index in [1.165, 1.54) is 5.56 Å². The third kappa shape index (κ3) is 3.80. The van der Waals surface area contributed by atoms with Crippen molar-refractivity contribution in [1.82, 2.24) is 0 Å². The van der Waals surface area contributed by atoms with Gasteiger partial charge in [-0.15, -0.1) is 0 Å². The van der Waals surface area contributed by atoms with Gasteiger partial charge >= 0.3 is 0 Å². The van der Waals surface area contributed by atoms with Crippen molar-refractivity contribution in [2.24, 2.45) is 5.73 Å². The molecule has 26 heavy (non-hydrogen) atoms. The number of nitro groups is 1. The maximum atomic E-state index is 11.5. The molecule has 1 aliphatic rings. The number of methoxy groups -OCH3 is 1. The van der Waals surface area contributed by atoms with E-state index in [2.05, 4.69) is 11.0 Å². The van der Waals surface area contributed by atoms with Crippen molar-refractivity contribution < 1.29 is 9.66 Å². The van der Waals surface area contributed by atoms with Gasteiger partial charge in [0.25, 0.3) is 5.69 Å². The van der Waals surface area contributed by atoms with Crippen molar-refractivity contribution in [2.75, 3.05) is 31.6 Å². The Morgan fingerprint density at radius 1 is 1.23 bits per heavy atom. The Labute approximate surface area is 153 Å². The van der Waals surface area contributed by atoms with Crippen LogP contribution < -0.4 is 15.4 Å². The summed E-state index contributed by atoms with van der Waals surface area (Å²) in [7, 11) is 1.69. The molecule has 2 aromatic rings. The highest BCUT2D eigenvalue weighted by atomic mass is 16.6. The smallest absolute Gasteiger partial charge is 0.292 e. The highest BCUT2D eigenvalue weighted by Gasteiger charge is 2.27. The summed E-state index contributed by atoms with van der Waals surface area (Å²) in [5.41, 5.74) is 8.58. The van der Waals surface area contributed by atoms with Gasteiger partial charge in [-0.25, -0.2) is 0 Å². The fourth-order valence-corrected chi connectivity index (χ4v) is 3.74. The summed E-state index contributed by atoms with van der Waals surface area (Å²) in [6, 6.07) is 13.6. The number of ether oxygens (including phenoxy) is 1. The summed E-state index contributed by atoms with van der Waals surface area (Å²) < 4.78 is 5.48. The van der Waals surface area contributed by atoms with Crippen LogP contribution in [0.3, 0.4) is 0 Å². The van der Waals surface area contributed by atoms with Gasteiger partial charge < -0.3 is 15.4 Å². The summed E-state index contributed by atoms with van der Waals surface area (Å²) in [4.78, 5) is 13.4. The molecule has 2 N–H and O–H groups in total. The molecule has 0 spiro atoms. The number of nitrogens with zero attached hydrogens (tertiary/aromatic N) is 2. The average Bonchev–Trinajstić information content (AvgIpc) is 2.68. The van der Waals surface area contributed by atoms with E-state index in [4.69, 9.17) is 10.5 Å². The fourth-order valence-electron chi connectivity index (χ4n) is 3.74. The van der Waals surface area contributed by atoms with Crippen LogP contribution in [0.5, 0.6) is 5.75 Å². The molecule has 138 valence electrons. The van der Waals surface area contributed by atoms with Crippen molar-refractivity contribution in [3.63, 3.8) is 0 Å². The quantitative estimate of drug-likeness (QED) is 0.634. The van der Waals surface area contributed by atoms with Gasteiger partial charge in [0, 0.05) is 19.2 Å². The zero-order valence-electron chi connectivity index (χ0n) is 15.1. The minimum atomic E-state index is -0.290. The molecule has 0 saturated carbocycles. The molecule has 2 aromatic carbocycles. The van der Waals surface area contributed by atoms with Crippen molar-refractivity contribution in [3.05, 3.63) is 63.7 Å². The number of nitro benzene ring substituents is 1. The number of anilines is 1. The van der Waals surface area contributed by atoms with Gasteiger partial charge in [0.2, 0.25) is 0 Å². The SMILES string of the molecule is COc1ccccc1C1CCN(c2ccc(CCN)cc2[N+](=O)[O-])CC1. The standard InChI is InChI=1S/C20H25N3O3/c1-26-20-5-3-2-4-17(20)16-9-12-22(13-10-16)18-7-6-15(8-11-21)14-19(18)23(24)25/h2-7,14,16H,8-13,21H2,1H3. The first kappa shape index (κ1) is 18.2. The molecule has 6 nitrogen and oxygen atoms in total. The largest absolute Gasteiger partial charge is 0.496 e. The molecule has 0 radical (unpaired) electrons. The molecule has 6 heteroatoms. The molecule has 0 aliphatic carbocycles. The summed E-state index contributed by atoms with van der Waals surface area (Å²) >= 11 is 0. The Kier molecular flexibility index (Phi) is 5.73. The van der Waals surface area contributed by atoms with E-state index in [1.54, 1.807) is 13.2 Å². The predicted molar refractivity (Wildman–Crippen MR) is 103 cm³/mol. The number of piperidine rings is 1. The van der Waals surface area contributed by atoms with Gasteiger partial charge in [-0.05, 0) is 55.0 Å². The minimum absolute atomic E-state index is 0.173. The lowest BCUT2D eigenvalue weighted by atomic mass is 9.88. The number of rotatable bonds is 6. The summed E-state index contributed by atoms with van der Waals surface area (Å²) in [6.07, 6.45) is 2.54. The van der Waals surface area contributed by atoms with Crippen LogP contribution >= 0.6 is 0 Å². The molecule has 0 unspecified atom stereocenters. The number of para-hydroxylation sites is 1. The number of nitrogens with two attached hydrogens (primary N) is 1. The second-order valence-electron chi connectivity index (χ2n) is 6.62. The number of hydrogen-bond acceptors (Lipinski definition) is 5. The van der Waals surface area contributed by atoms with Gasteiger partial charge in [0.05, 0.1) is 12.0 Å². The van der Waals surface area contributed by atoms with E-state index < -0.39 is 0 Å². The molecular weight excluding hydrogens is 330 g/mol. The molecule has 1 fully saturated rings. The average molecular weight is 355 g/mol. The molecule has 1 aliphatic heterocycles. The molecule has 1 saturated heterocycles. The lowest BCUT2D eigenvalue weighted by Gasteiger charge is -2.34. The van der Waals surface area contributed by atoms with Crippen LogP contribution in [0.15, 0.2) is 42.5 Å². The second kappa shape index (κ2) is 8.19. The summed E-state index contributed by atoms with van der Waals surface area (Å²) in [5, 5.41) is 11.5. The lowest BCUT2D eigenvalue weighted by Crippen LogP contribution is -2.33. The first-order valence-electron chi connectivity index (χ1n) is 8.99. The van der Waals surface area contributed by atoms with Crippen LogP contribution in [-0.4, -0.2) is 31.7 Å². The summed E-state index contributed by atoms with van der Waals surface area (Å²) in [5.74, 6) is 1.33. The first-order chi connectivity index (χ1) is 12.6. The molecule has 3 rings (SSSR count). The van der Waals surface area contributed by atoms with Gasteiger partial charge in [-0.1, -0.05) is 24.3 Å². The van der Waals surface area contributed by atoms with Gasteiger partial charge in [-0.2, -0.15) is 0 Å². The van der Waals surface area contributed by atoms with Crippen molar-refractivity contribution >= 4 is 11.4 Å². The van der Waals surface area contributed by atoms with Gasteiger partial charge in [0.15, 0.2) is 0 Å². The molecule has 0 bridgehead atoms. The highest BCUT2D eigenvalue weighted by molar-refractivity contribution is 5.64. The van der Waals surface area contributed by atoms with Crippen LogP contribution in [0.1, 0.15) is 29.9 Å². The summed E-state index contributed by atoms with van der Waals surface area (Å²) in [6.45, 7) is 2.07. The van der Waals surface area contributed by atoms with Crippen LogP contribution in [0.2, 0.25) is 0 Å². The monoisotopic (exact) mass is 355 g/mol. The van der Waals surface area contributed by atoms with Crippen LogP contribution in [-0.2, 0) is 6.42 Å². The van der Waals surface area contributed by atoms with E-state index in [0.29, 0.717) is 24.6 Å².